The van der Waals surface area contributed by atoms with Crippen molar-refractivity contribution in [3.8, 4) is 0 Å². The van der Waals surface area contributed by atoms with Crippen LogP contribution in [0.4, 0.5) is 0 Å². The summed E-state index contributed by atoms with van der Waals surface area (Å²) in [6.45, 7) is 1.97. The Hall–Kier alpha value is -0.870. The molecule has 1 aliphatic carbocycles. The van der Waals surface area contributed by atoms with Crippen molar-refractivity contribution in [1.82, 2.24) is 14.7 Å². The molecule has 3 rings (SSSR count). The summed E-state index contributed by atoms with van der Waals surface area (Å²) >= 11 is 0. The summed E-state index contributed by atoms with van der Waals surface area (Å²) < 4.78 is 2.13. The lowest BCUT2D eigenvalue weighted by Gasteiger charge is -2.36. The SMILES string of the molecule is CN1CCC(O)(Cc2ccn(C3CCCC3)n2)CC1. The molecule has 1 aromatic rings. The number of hydrogen-bond acceptors (Lipinski definition) is 3. The van der Waals surface area contributed by atoms with Gasteiger partial charge in [0.25, 0.3) is 0 Å². The van der Waals surface area contributed by atoms with Gasteiger partial charge in [-0.05, 0) is 38.8 Å². The van der Waals surface area contributed by atoms with Gasteiger partial charge in [0.1, 0.15) is 0 Å². The van der Waals surface area contributed by atoms with Crippen LogP contribution in [0.25, 0.3) is 0 Å². The van der Waals surface area contributed by atoms with Gasteiger partial charge in [0.05, 0.1) is 17.3 Å². The first-order chi connectivity index (χ1) is 9.15. The molecule has 2 heterocycles. The van der Waals surface area contributed by atoms with Gasteiger partial charge in [0.15, 0.2) is 0 Å². The first-order valence-electron chi connectivity index (χ1n) is 7.60. The number of aliphatic hydroxyl groups is 1. The summed E-state index contributed by atoms with van der Waals surface area (Å²) in [6, 6.07) is 2.69. The first kappa shape index (κ1) is 13.1. The van der Waals surface area contributed by atoms with Crippen molar-refractivity contribution in [1.29, 1.82) is 0 Å². The average Bonchev–Trinajstić information content (AvgIpc) is 3.03. The molecule has 0 unspecified atom stereocenters. The molecule has 4 nitrogen and oxygen atoms in total. The lowest BCUT2D eigenvalue weighted by Crippen LogP contribution is -2.44. The maximum absolute atomic E-state index is 10.6. The molecule has 0 spiro atoms. The van der Waals surface area contributed by atoms with Crippen molar-refractivity contribution in [3.63, 3.8) is 0 Å². The number of nitrogens with zero attached hydrogens (tertiary/aromatic N) is 3. The van der Waals surface area contributed by atoms with Crippen LogP contribution < -0.4 is 0 Å². The molecule has 0 radical (unpaired) electrons. The Morgan fingerprint density at radius 2 is 2.00 bits per heavy atom. The van der Waals surface area contributed by atoms with Crippen molar-refractivity contribution >= 4 is 0 Å². The zero-order valence-corrected chi connectivity index (χ0v) is 11.9. The Morgan fingerprint density at radius 3 is 2.68 bits per heavy atom. The zero-order chi connectivity index (χ0) is 13.3. The standard InChI is InChI=1S/C15H25N3O/c1-17-10-7-15(19,8-11-17)12-13-6-9-18(16-13)14-4-2-3-5-14/h6,9,14,19H,2-5,7-8,10-12H2,1H3. The van der Waals surface area contributed by atoms with E-state index in [1.807, 2.05) is 0 Å². The molecule has 4 heteroatoms. The third-order valence-electron chi connectivity index (χ3n) is 4.79. The third kappa shape index (κ3) is 3.00. The Morgan fingerprint density at radius 1 is 1.32 bits per heavy atom. The van der Waals surface area contributed by atoms with Crippen LogP contribution in [0.1, 0.15) is 50.3 Å². The van der Waals surface area contributed by atoms with Crippen LogP contribution >= 0.6 is 0 Å². The Kier molecular flexibility index (Phi) is 3.63. The molecular weight excluding hydrogens is 238 g/mol. The van der Waals surface area contributed by atoms with Crippen molar-refractivity contribution in [2.75, 3.05) is 20.1 Å². The highest BCUT2D eigenvalue weighted by Crippen LogP contribution is 2.30. The molecule has 2 fully saturated rings. The van der Waals surface area contributed by atoms with Crippen molar-refractivity contribution < 1.29 is 5.11 Å². The van der Waals surface area contributed by atoms with Crippen molar-refractivity contribution in [2.45, 2.75) is 56.6 Å². The topological polar surface area (TPSA) is 41.3 Å². The maximum Gasteiger partial charge on any atom is 0.0728 e. The van der Waals surface area contributed by atoms with Crippen LogP contribution in [0.3, 0.4) is 0 Å². The van der Waals surface area contributed by atoms with Gasteiger partial charge in [-0.25, -0.2) is 0 Å². The number of likely N-dealkylation sites (tertiary alicyclic amines) is 1. The Bertz CT molecular complexity index is 415. The zero-order valence-electron chi connectivity index (χ0n) is 11.9. The minimum Gasteiger partial charge on any atom is -0.389 e. The number of hydrogen-bond donors (Lipinski definition) is 1. The molecule has 0 aromatic carbocycles. The fraction of sp³-hybridized carbons (Fsp3) is 0.800. The molecule has 1 saturated carbocycles. The van der Waals surface area contributed by atoms with Gasteiger partial charge in [-0.3, -0.25) is 4.68 Å². The molecule has 2 aliphatic rings. The first-order valence-corrected chi connectivity index (χ1v) is 7.60. The van der Waals surface area contributed by atoms with Crippen LogP contribution in [-0.2, 0) is 6.42 Å². The second kappa shape index (κ2) is 5.25. The van der Waals surface area contributed by atoms with Crippen molar-refractivity contribution in [2.24, 2.45) is 0 Å². The van der Waals surface area contributed by atoms with Gasteiger partial charge in [-0.1, -0.05) is 12.8 Å². The summed E-state index contributed by atoms with van der Waals surface area (Å²) in [4.78, 5) is 2.28. The minimum atomic E-state index is -0.540. The monoisotopic (exact) mass is 263 g/mol. The normalized spacial score (nSPS) is 24.9. The number of aromatic nitrogens is 2. The summed E-state index contributed by atoms with van der Waals surface area (Å²) in [5.41, 5.74) is 0.514. The van der Waals surface area contributed by atoms with E-state index in [1.165, 1.54) is 25.7 Å². The molecule has 1 saturated heterocycles. The highest BCUT2D eigenvalue weighted by Gasteiger charge is 2.32. The van der Waals surface area contributed by atoms with Crippen LogP contribution in [0.15, 0.2) is 12.3 Å². The molecular formula is C15H25N3O. The molecule has 0 atom stereocenters. The van der Waals surface area contributed by atoms with E-state index in [-0.39, 0.29) is 0 Å². The van der Waals surface area contributed by atoms with E-state index in [0.717, 1.165) is 31.6 Å². The van der Waals surface area contributed by atoms with Crippen LogP contribution in [-0.4, -0.2) is 45.5 Å². The molecule has 0 bridgehead atoms. The van der Waals surface area contributed by atoms with Gasteiger partial charge >= 0.3 is 0 Å². The predicted molar refractivity (Wildman–Crippen MR) is 75.1 cm³/mol. The third-order valence-corrected chi connectivity index (χ3v) is 4.79. The molecule has 0 amide bonds. The average molecular weight is 263 g/mol. The molecule has 1 aromatic heterocycles. The highest BCUT2D eigenvalue weighted by molar-refractivity contribution is 5.06. The summed E-state index contributed by atoms with van der Waals surface area (Å²) in [5, 5.41) is 15.3. The molecule has 106 valence electrons. The van der Waals surface area contributed by atoms with Crippen LogP contribution in [0.5, 0.6) is 0 Å². The van der Waals surface area contributed by atoms with E-state index >= 15 is 0 Å². The predicted octanol–water partition coefficient (Wildman–Crippen LogP) is 2.00. The van der Waals surface area contributed by atoms with Gasteiger partial charge in [-0.15, -0.1) is 0 Å². The quantitative estimate of drug-likeness (QED) is 0.907. The number of piperidine rings is 1. The van der Waals surface area contributed by atoms with Gasteiger partial charge in [0, 0.05) is 25.7 Å². The van der Waals surface area contributed by atoms with Gasteiger partial charge < -0.3 is 10.0 Å². The molecule has 1 aliphatic heterocycles. The van der Waals surface area contributed by atoms with Gasteiger partial charge in [0.2, 0.25) is 0 Å². The van der Waals surface area contributed by atoms with E-state index in [1.54, 1.807) is 0 Å². The van der Waals surface area contributed by atoms with Crippen LogP contribution in [0, 0.1) is 0 Å². The fourth-order valence-corrected chi connectivity index (χ4v) is 3.39. The summed E-state index contributed by atoms with van der Waals surface area (Å²) in [6.07, 6.45) is 9.71. The Labute approximate surface area is 115 Å². The second-order valence-electron chi connectivity index (χ2n) is 6.43. The molecule has 19 heavy (non-hydrogen) atoms. The lowest BCUT2D eigenvalue weighted by molar-refractivity contribution is -0.0158. The van der Waals surface area contributed by atoms with Gasteiger partial charge in [-0.2, -0.15) is 5.10 Å². The summed E-state index contributed by atoms with van der Waals surface area (Å²) in [5.74, 6) is 0. The Balaban J connectivity index is 1.63. The van der Waals surface area contributed by atoms with E-state index in [4.69, 9.17) is 5.10 Å². The fourth-order valence-electron chi connectivity index (χ4n) is 3.39. The van der Waals surface area contributed by atoms with E-state index < -0.39 is 5.60 Å². The highest BCUT2D eigenvalue weighted by atomic mass is 16.3. The lowest BCUT2D eigenvalue weighted by atomic mass is 9.87. The smallest absolute Gasteiger partial charge is 0.0728 e. The van der Waals surface area contributed by atoms with E-state index in [9.17, 15) is 5.11 Å². The van der Waals surface area contributed by atoms with Crippen LogP contribution in [0.2, 0.25) is 0 Å². The van der Waals surface area contributed by atoms with E-state index in [2.05, 4.69) is 28.9 Å². The maximum atomic E-state index is 10.6. The minimum absolute atomic E-state index is 0.540. The number of rotatable bonds is 3. The van der Waals surface area contributed by atoms with Crippen molar-refractivity contribution in [3.05, 3.63) is 18.0 Å². The summed E-state index contributed by atoms with van der Waals surface area (Å²) in [7, 11) is 2.12. The second-order valence-corrected chi connectivity index (χ2v) is 6.43. The molecule has 1 N–H and O–H groups in total. The largest absolute Gasteiger partial charge is 0.389 e. The van der Waals surface area contributed by atoms with E-state index in [0.29, 0.717) is 12.5 Å².